The Kier molecular flexibility index (Phi) is 4.50. The molecule has 2 rings (SSSR count). The van der Waals surface area contributed by atoms with Crippen LogP contribution in [-0.4, -0.2) is 30.5 Å². The van der Waals surface area contributed by atoms with E-state index in [4.69, 9.17) is 4.74 Å². The van der Waals surface area contributed by atoms with Crippen LogP contribution in [-0.2, 0) is 9.59 Å². The zero-order chi connectivity index (χ0) is 15.6. The van der Waals surface area contributed by atoms with Gasteiger partial charge in [0.1, 0.15) is 18.3 Å². The summed E-state index contributed by atoms with van der Waals surface area (Å²) >= 11 is 0. The Labute approximate surface area is 125 Å². The van der Waals surface area contributed by atoms with Gasteiger partial charge in [-0.1, -0.05) is 13.8 Å². The Morgan fingerprint density at radius 1 is 1.14 bits per heavy atom. The molecule has 1 N–H and O–H groups in total. The lowest BCUT2D eigenvalue weighted by Crippen LogP contribution is -2.60. The Hall–Kier alpha value is -2.04. The minimum Gasteiger partial charge on any atom is -0.491 e. The molecule has 5 heteroatoms. The SMILES string of the molecule is CC(C)Oc1ccc(N2CC(=O)NC(C(C)C)C2=O)cc1. The van der Waals surface area contributed by atoms with Gasteiger partial charge in [-0.3, -0.25) is 9.59 Å². The summed E-state index contributed by atoms with van der Waals surface area (Å²) < 4.78 is 5.58. The van der Waals surface area contributed by atoms with Crippen LogP contribution in [0.15, 0.2) is 24.3 Å². The van der Waals surface area contributed by atoms with Crippen LogP contribution >= 0.6 is 0 Å². The number of rotatable bonds is 4. The quantitative estimate of drug-likeness (QED) is 0.922. The molecule has 1 saturated heterocycles. The van der Waals surface area contributed by atoms with E-state index in [1.54, 1.807) is 0 Å². The first-order valence-electron chi connectivity index (χ1n) is 7.26. The van der Waals surface area contributed by atoms with Gasteiger partial charge in [-0.2, -0.15) is 0 Å². The fraction of sp³-hybridized carbons (Fsp3) is 0.500. The Balaban J connectivity index is 2.19. The molecular weight excluding hydrogens is 268 g/mol. The van der Waals surface area contributed by atoms with Crippen molar-refractivity contribution in [3.05, 3.63) is 24.3 Å². The molecule has 2 amide bonds. The third-order valence-corrected chi connectivity index (χ3v) is 3.34. The number of nitrogens with one attached hydrogen (secondary N) is 1. The molecule has 0 aliphatic carbocycles. The van der Waals surface area contributed by atoms with Crippen molar-refractivity contribution in [3.8, 4) is 5.75 Å². The summed E-state index contributed by atoms with van der Waals surface area (Å²) in [5, 5.41) is 2.75. The van der Waals surface area contributed by atoms with Gasteiger partial charge in [-0.05, 0) is 44.0 Å². The van der Waals surface area contributed by atoms with Crippen LogP contribution in [0, 0.1) is 5.92 Å². The molecule has 21 heavy (non-hydrogen) atoms. The van der Waals surface area contributed by atoms with Gasteiger partial charge in [0.25, 0.3) is 0 Å². The highest BCUT2D eigenvalue weighted by molar-refractivity contribution is 6.06. The van der Waals surface area contributed by atoms with Crippen LogP contribution < -0.4 is 15.0 Å². The number of ether oxygens (including phenoxy) is 1. The van der Waals surface area contributed by atoms with Crippen LogP contribution in [0.4, 0.5) is 5.69 Å². The minimum absolute atomic E-state index is 0.0619. The summed E-state index contributed by atoms with van der Waals surface area (Å²) in [6, 6.07) is 6.80. The molecule has 1 unspecified atom stereocenters. The summed E-state index contributed by atoms with van der Waals surface area (Å²) in [5.41, 5.74) is 0.719. The number of anilines is 1. The molecular formula is C16H22N2O3. The summed E-state index contributed by atoms with van der Waals surface area (Å²) in [6.45, 7) is 7.82. The highest BCUT2D eigenvalue weighted by Gasteiger charge is 2.35. The lowest BCUT2D eigenvalue weighted by atomic mass is 10.0. The molecule has 1 heterocycles. The Morgan fingerprint density at radius 3 is 2.29 bits per heavy atom. The van der Waals surface area contributed by atoms with Crippen molar-refractivity contribution in [1.82, 2.24) is 5.32 Å². The fourth-order valence-corrected chi connectivity index (χ4v) is 2.32. The number of nitrogens with zero attached hydrogens (tertiary/aromatic N) is 1. The van der Waals surface area contributed by atoms with Gasteiger partial charge in [0.05, 0.1) is 6.10 Å². The van der Waals surface area contributed by atoms with Gasteiger partial charge in [0.2, 0.25) is 11.8 Å². The second kappa shape index (κ2) is 6.16. The first-order chi connectivity index (χ1) is 9.88. The van der Waals surface area contributed by atoms with Gasteiger partial charge in [0, 0.05) is 5.69 Å². The number of amides is 2. The number of carbonyl (C=O) groups is 2. The normalized spacial score (nSPS) is 19.1. The molecule has 0 bridgehead atoms. The van der Waals surface area contributed by atoms with Crippen molar-refractivity contribution < 1.29 is 14.3 Å². The molecule has 1 atom stereocenters. The van der Waals surface area contributed by atoms with E-state index in [1.165, 1.54) is 4.90 Å². The average molecular weight is 290 g/mol. The van der Waals surface area contributed by atoms with Gasteiger partial charge < -0.3 is 15.0 Å². The maximum Gasteiger partial charge on any atom is 0.250 e. The highest BCUT2D eigenvalue weighted by atomic mass is 16.5. The number of hydrogen-bond acceptors (Lipinski definition) is 3. The Bertz CT molecular complexity index is 523. The second-order valence-corrected chi connectivity index (χ2v) is 5.87. The van der Waals surface area contributed by atoms with Gasteiger partial charge in [-0.15, -0.1) is 0 Å². The standard InChI is InChI=1S/C16H22N2O3/c1-10(2)15-16(20)18(9-14(19)17-15)12-5-7-13(8-6-12)21-11(3)4/h5-8,10-11,15H,9H2,1-4H3,(H,17,19). The van der Waals surface area contributed by atoms with Crippen LogP contribution in [0.25, 0.3) is 0 Å². The molecule has 1 aliphatic heterocycles. The van der Waals surface area contributed by atoms with E-state index in [0.29, 0.717) is 0 Å². The third-order valence-electron chi connectivity index (χ3n) is 3.34. The topological polar surface area (TPSA) is 58.6 Å². The van der Waals surface area contributed by atoms with Crippen molar-refractivity contribution in [3.63, 3.8) is 0 Å². The highest BCUT2D eigenvalue weighted by Crippen LogP contribution is 2.23. The molecule has 0 saturated carbocycles. The minimum atomic E-state index is -0.460. The lowest BCUT2D eigenvalue weighted by Gasteiger charge is -2.34. The van der Waals surface area contributed by atoms with E-state index in [0.717, 1.165) is 11.4 Å². The zero-order valence-electron chi connectivity index (χ0n) is 12.9. The molecule has 1 aliphatic rings. The fourth-order valence-electron chi connectivity index (χ4n) is 2.32. The molecule has 0 aromatic heterocycles. The molecule has 1 aromatic carbocycles. The largest absolute Gasteiger partial charge is 0.491 e. The van der Waals surface area contributed by atoms with E-state index in [9.17, 15) is 9.59 Å². The van der Waals surface area contributed by atoms with Crippen LogP contribution in [0.5, 0.6) is 5.75 Å². The molecule has 1 fully saturated rings. The average Bonchev–Trinajstić information content (AvgIpc) is 2.41. The number of hydrogen-bond donors (Lipinski definition) is 1. The molecule has 0 radical (unpaired) electrons. The van der Waals surface area contributed by atoms with Crippen molar-refractivity contribution in [2.45, 2.75) is 39.8 Å². The summed E-state index contributed by atoms with van der Waals surface area (Å²) in [5.74, 6) is 0.619. The van der Waals surface area contributed by atoms with E-state index in [2.05, 4.69) is 5.32 Å². The maximum absolute atomic E-state index is 12.5. The number of piperazine rings is 1. The first kappa shape index (κ1) is 15.4. The smallest absolute Gasteiger partial charge is 0.250 e. The second-order valence-electron chi connectivity index (χ2n) is 5.87. The van der Waals surface area contributed by atoms with Crippen LogP contribution in [0.1, 0.15) is 27.7 Å². The molecule has 0 spiro atoms. The predicted octanol–water partition coefficient (Wildman–Crippen LogP) is 1.96. The third kappa shape index (κ3) is 3.54. The number of carbonyl (C=O) groups excluding carboxylic acids is 2. The maximum atomic E-state index is 12.5. The van der Waals surface area contributed by atoms with Crippen LogP contribution in [0.3, 0.4) is 0 Å². The van der Waals surface area contributed by atoms with E-state index in [-0.39, 0.29) is 30.4 Å². The van der Waals surface area contributed by atoms with Crippen molar-refractivity contribution in [2.24, 2.45) is 5.92 Å². The summed E-state index contributed by atoms with van der Waals surface area (Å²) in [6.07, 6.45) is 0.101. The van der Waals surface area contributed by atoms with Crippen molar-refractivity contribution in [1.29, 1.82) is 0 Å². The van der Waals surface area contributed by atoms with Gasteiger partial charge in [-0.25, -0.2) is 0 Å². The van der Waals surface area contributed by atoms with Gasteiger partial charge in [0.15, 0.2) is 0 Å². The van der Waals surface area contributed by atoms with Crippen molar-refractivity contribution >= 4 is 17.5 Å². The summed E-state index contributed by atoms with van der Waals surface area (Å²) in [7, 11) is 0. The van der Waals surface area contributed by atoms with Crippen molar-refractivity contribution in [2.75, 3.05) is 11.4 Å². The number of benzene rings is 1. The summed E-state index contributed by atoms with van der Waals surface area (Å²) in [4.78, 5) is 25.8. The van der Waals surface area contributed by atoms with E-state index < -0.39 is 6.04 Å². The van der Waals surface area contributed by atoms with Crippen LogP contribution in [0.2, 0.25) is 0 Å². The zero-order valence-corrected chi connectivity index (χ0v) is 12.9. The monoisotopic (exact) mass is 290 g/mol. The lowest BCUT2D eigenvalue weighted by molar-refractivity contribution is -0.132. The first-order valence-corrected chi connectivity index (χ1v) is 7.26. The molecule has 5 nitrogen and oxygen atoms in total. The molecule has 1 aromatic rings. The van der Waals surface area contributed by atoms with Gasteiger partial charge >= 0.3 is 0 Å². The Morgan fingerprint density at radius 2 is 1.76 bits per heavy atom. The predicted molar refractivity (Wildman–Crippen MR) is 81.3 cm³/mol. The van der Waals surface area contributed by atoms with E-state index in [1.807, 2.05) is 52.0 Å². The van der Waals surface area contributed by atoms with E-state index >= 15 is 0 Å². The molecule has 114 valence electrons.